The van der Waals surface area contributed by atoms with Gasteiger partial charge in [0.15, 0.2) is 0 Å². The van der Waals surface area contributed by atoms with Crippen molar-refractivity contribution in [3.05, 3.63) is 34.3 Å². The lowest BCUT2D eigenvalue weighted by atomic mass is 10.1. The number of nitriles is 1. The molecule has 0 aromatic heterocycles. The number of ether oxygens (including phenoxy) is 1. The third-order valence-corrected chi connectivity index (χ3v) is 2.72. The molecule has 1 unspecified atom stereocenters. The first-order valence-corrected chi connectivity index (χ1v) is 5.45. The number of hydrogen-bond donors (Lipinski definition) is 1. The van der Waals surface area contributed by atoms with Gasteiger partial charge < -0.3 is 4.74 Å². The Labute approximate surface area is 98.2 Å². The van der Waals surface area contributed by atoms with Crippen LogP contribution in [-0.2, 0) is 4.74 Å². The molecule has 0 spiro atoms. The summed E-state index contributed by atoms with van der Waals surface area (Å²) in [7, 11) is 1.64. The smallest absolute Gasteiger partial charge is 0.122 e. The van der Waals surface area contributed by atoms with Crippen molar-refractivity contribution in [2.75, 3.05) is 20.3 Å². The molecule has 0 aliphatic carbocycles. The Morgan fingerprint density at radius 2 is 2.27 bits per heavy atom. The molecule has 15 heavy (non-hydrogen) atoms. The summed E-state index contributed by atoms with van der Waals surface area (Å²) in [4.78, 5) is 0. The van der Waals surface area contributed by atoms with Crippen LogP contribution in [0.3, 0.4) is 0 Å². The van der Waals surface area contributed by atoms with Gasteiger partial charge in [-0.25, -0.2) is 0 Å². The van der Waals surface area contributed by atoms with Gasteiger partial charge in [-0.05, 0) is 11.6 Å². The Hall–Kier alpha value is -0.890. The van der Waals surface area contributed by atoms with Gasteiger partial charge in [0.25, 0.3) is 0 Å². The highest BCUT2D eigenvalue weighted by atomic mass is 79.9. The molecule has 0 bridgehead atoms. The summed E-state index contributed by atoms with van der Waals surface area (Å²) in [5, 5.41) is 12.1. The highest BCUT2D eigenvalue weighted by Crippen LogP contribution is 2.22. The Bertz CT molecular complexity index is 349. The standard InChI is InChI=1S/C11H13BrN2O/c1-15-7-6-14-11(8-13)9-4-2-3-5-10(9)12/h2-5,11,14H,6-7H2,1H3. The molecule has 1 aromatic rings. The van der Waals surface area contributed by atoms with Crippen LogP contribution < -0.4 is 5.32 Å². The highest BCUT2D eigenvalue weighted by Gasteiger charge is 2.11. The van der Waals surface area contributed by atoms with E-state index in [0.717, 1.165) is 10.0 Å². The van der Waals surface area contributed by atoms with Gasteiger partial charge in [0.2, 0.25) is 0 Å². The summed E-state index contributed by atoms with van der Waals surface area (Å²) < 4.78 is 5.87. The SMILES string of the molecule is COCCNC(C#N)c1ccccc1Br. The molecule has 0 radical (unpaired) electrons. The predicted molar refractivity (Wildman–Crippen MR) is 62.4 cm³/mol. The summed E-state index contributed by atoms with van der Waals surface area (Å²) in [5.41, 5.74) is 0.955. The molecule has 0 saturated heterocycles. The van der Waals surface area contributed by atoms with Gasteiger partial charge in [-0.1, -0.05) is 34.1 Å². The van der Waals surface area contributed by atoms with Crippen LogP contribution in [0.4, 0.5) is 0 Å². The molecular weight excluding hydrogens is 256 g/mol. The summed E-state index contributed by atoms with van der Waals surface area (Å²) in [6.07, 6.45) is 0. The predicted octanol–water partition coefficient (Wildman–Crippen LogP) is 2.25. The fourth-order valence-corrected chi connectivity index (χ4v) is 1.75. The zero-order chi connectivity index (χ0) is 11.1. The van der Waals surface area contributed by atoms with E-state index in [1.165, 1.54) is 0 Å². The maximum absolute atomic E-state index is 9.03. The average molecular weight is 269 g/mol. The first kappa shape index (κ1) is 12.2. The van der Waals surface area contributed by atoms with Crippen LogP contribution in [-0.4, -0.2) is 20.3 Å². The number of nitrogens with one attached hydrogen (secondary N) is 1. The second-order valence-electron chi connectivity index (χ2n) is 3.03. The average Bonchev–Trinajstić information content (AvgIpc) is 2.26. The molecule has 0 aliphatic rings. The van der Waals surface area contributed by atoms with Crippen molar-refractivity contribution < 1.29 is 4.74 Å². The molecule has 80 valence electrons. The van der Waals surface area contributed by atoms with Crippen molar-refractivity contribution in [3.63, 3.8) is 0 Å². The molecule has 1 aromatic carbocycles. The van der Waals surface area contributed by atoms with E-state index in [0.29, 0.717) is 13.2 Å². The lowest BCUT2D eigenvalue weighted by molar-refractivity contribution is 0.198. The minimum absolute atomic E-state index is 0.296. The molecule has 0 saturated carbocycles. The molecule has 0 fully saturated rings. The van der Waals surface area contributed by atoms with E-state index >= 15 is 0 Å². The lowest BCUT2D eigenvalue weighted by Crippen LogP contribution is -2.24. The highest BCUT2D eigenvalue weighted by molar-refractivity contribution is 9.10. The Morgan fingerprint density at radius 1 is 1.53 bits per heavy atom. The number of hydrogen-bond acceptors (Lipinski definition) is 3. The van der Waals surface area contributed by atoms with Crippen molar-refractivity contribution in [3.8, 4) is 6.07 Å². The van der Waals surface area contributed by atoms with Crippen molar-refractivity contribution in [2.45, 2.75) is 6.04 Å². The fourth-order valence-electron chi connectivity index (χ4n) is 1.24. The molecule has 3 nitrogen and oxygen atoms in total. The molecule has 0 amide bonds. The number of nitrogens with zero attached hydrogens (tertiary/aromatic N) is 1. The van der Waals surface area contributed by atoms with E-state index in [-0.39, 0.29) is 6.04 Å². The van der Waals surface area contributed by atoms with E-state index in [2.05, 4.69) is 27.3 Å². The van der Waals surface area contributed by atoms with Gasteiger partial charge >= 0.3 is 0 Å². The van der Waals surface area contributed by atoms with Crippen molar-refractivity contribution >= 4 is 15.9 Å². The largest absolute Gasteiger partial charge is 0.383 e. The van der Waals surface area contributed by atoms with E-state index in [1.807, 2.05) is 24.3 Å². The second kappa shape index (κ2) is 6.57. The van der Waals surface area contributed by atoms with Crippen molar-refractivity contribution in [2.24, 2.45) is 0 Å². The Kier molecular flexibility index (Phi) is 5.33. The quantitative estimate of drug-likeness (QED) is 0.834. The van der Waals surface area contributed by atoms with Gasteiger partial charge in [0.05, 0.1) is 12.7 Å². The van der Waals surface area contributed by atoms with Gasteiger partial charge in [-0.15, -0.1) is 0 Å². The molecule has 0 heterocycles. The lowest BCUT2D eigenvalue weighted by Gasteiger charge is -2.12. The molecule has 1 atom stereocenters. The number of methoxy groups -OCH3 is 1. The van der Waals surface area contributed by atoms with Crippen molar-refractivity contribution in [1.29, 1.82) is 5.26 Å². The van der Waals surface area contributed by atoms with E-state index in [4.69, 9.17) is 10.00 Å². The normalized spacial score (nSPS) is 12.1. The zero-order valence-electron chi connectivity index (χ0n) is 8.53. The van der Waals surface area contributed by atoms with Gasteiger partial charge in [-0.3, -0.25) is 5.32 Å². The third-order valence-electron chi connectivity index (χ3n) is 2.00. The van der Waals surface area contributed by atoms with Crippen LogP contribution in [0.2, 0.25) is 0 Å². The Morgan fingerprint density at radius 3 is 2.87 bits per heavy atom. The number of rotatable bonds is 5. The Balaban J connectivity index is 2.67. The van der Waals surface area contributed by atoms with Crippen LogP contribution >= 0.6 is 15.9 Å². The summed E-state index contributed by atoms with van der Waals surface area (Å²) in [5.74, 6) is 0. The topological polar surface area (TPSA) is 45.0 Å². The first-order valence-electron chi connectivity index (χ1n) is 4.66. The molecule has 1 rings (SSSR count). The summed E-state index contributed by atoms with van der Waals surface area (Å²) >= 11 is 3.42. The minimum atomic E-state index is -0.296. The molecule has 1 N–H and O–H groups in total. The van der Waals surface area contributed by atoms with Crippen LogP contribution in [0.1, 0.15) is 11.6 Å². The zero-order valence-corrected chi connectivity index (χ0v) is 10.1. The van der Waals surface area contributed by atoms with Crippen molar-refractivity contribution in [1.82, 2.24) is 5.32 Å². The third kappa shape index (κ3) is 3.63. The van der Waals surface area contributed by atoms with E-state index in [1.54, 1.807) is 7.11 Å². The summed E-state index contributed by atoms with van der Waals surface area (Å²) in [6.45, 7) is 1.26. The van der Waals surface area contributed by atoms with Crippen LogP contribution in [0.25, 0.3) is 0 Å². The first-order chi connectivity index (χ1) is 7.29. The van der Waals surface area contributed by atoms with Crippen LogP contribution in [0.5, 0.6) is 0 Å². The van der Waals surface area contributed by atoms with Crippen LogP contribution in [0, 0.1) is 11.3 Å². The van der Waals surface area contributed by atoms with Crippen LogP contribution in [0.15, 0.2) is 28.7 Å². The second-order valence-corrected chi connectivity index (χ2v) is 3.88. The fraction of sp³-hybridized carbons (Fsp3) is 0.364. The van der Waals surface area contributed by atoms with Gasteiger partial charge in [-0.2, -0.15) is 5.26 Å². The molecule has 4 heteroatoms. The maximum Gasteiger partial charge on any atom is 0.122 e. The van der Waals surface area contributed by atoms with E-state index in [9.17, 15) is 0 Å². The monoisotopic (exact) mass is 268 g/mol. The number of benzene rings is 1. The van der Waals surface area contributed by atoms with E-state index < -0.39 is 0 Å². The van der Waals surface area contributed by atoms with Gasteiger partial charge in [0, 0.05) is 18.1 Å². The molecule has 0 aliphatic heterocycles. The molecular formula is C11H13BrN2O. The summed E-state index contributed by atoms with van der Waals surface area (Å²) in [6, 6.07) is 9.63. The maximum atomic E-state index is 9.03. The minimum Gasteiger partial charge on any atom is -0.383 e. The number of halogens is 1. The van der Waals surface area contributed by atoms with Gasteiger partial charge in [0.1, 0.15) is 6.04 Å².